The minimum absolute atomic E-state index is 0.294. The molecule has 1 aromatic rings. The second-order valence-corrected chi connectivity index (χ2v) is 6.95. The zero-order chi connectivity index (χ0) is 15.2. The molecule has 4 heteroatoms. The molecule has 0 saturated carbocycles. The van der Waals surface area contributed by atoms with Crippen LogP contribution in [0.5, 0.6) is 0 Å². The van der Waals surface area contributed by atoms with Crippen LogP contribution >= 0.6 is 11.3 Å². The van der Waals surface area contributed by atoms with Crippen molar-refractivity contribution in [3.8, 4) is 0 Å². The first-order valence-corrected chi connectivity index (χ1v) is 9.14. The quantitative estimate of drug-likeness (QED) is 0.834. The van der Waals surface area contributed by atoms with Gasteiger partial charge in [-0.05, 0) is 55.2 Å². The standard InChI is InChI=1S/C17H28N2OS/c1-3-13(7-10-18)5-6-17(20)19-11-8-16-14(9-12-21-16)15(19)4-2/h9,12-13,15H,3-8,10-11,18H2,1-2H3. The van der Waals surface area contributed by atoms with E-state index in [0.717, 1.165) is 45.2 Å². The van der Waals surface area contributed by atoms with E-state index in [1.165, 1.54) is 10.4 Å². The van der Waals surface area contributed by atoms with E-state index in [1.54, 1.807) is 0 Å². The van der Waals surface area contributed by atoms with Gasteiger partial charge in [-0.25, -0.2) is 0 Å². The first-order valence-electron chi connectivity index (χ1n) is 8.27. The van der Waals surface area contributed by atoms with Crippen molar-refractivity contribution in [1.29, 1.82) is 0 Å². The predicted octanol–water partition coefficient (Wildman–Crippen LogP) is 3.74. The van der Waals surface area contributed by atoms with E-state index in [9.17, 15) is 4.79 Å². The highest BCUT2D eigenvalue weighted by Gasteiger charge is 2.30. The molecule has 1 aliphatic rings. The van der Waals surface area contributed by atoms with E-state index in [1.807, 2.05) is 11.3 Å². The van der Waals surface area contributed by atoms with Gasteiger partial charge in [0.1, 0.15) is 0 Å². The molecule has 2 unspecified atom stereocenters. The Morgan fingerprint density at radius 2 is 2.29 bits per heavy atom. The summed E-state index contributed by atoms with van der Waals surface area (Å²) in [7, 11) is 0. The van der Waals surface area contributed by atoms with Gasteiger partial charge in [0.05, 0.1) is 6.04 Å². The Morgan fingerprint density at radius 1 is 1.48 bits per heavy atom. The summed E-state index contributed by atoms with van der Waals surface area (Å²) < 4.78 is 0. The molecule has 0 bridgehead atoms. The van der Waals surface area contributed by atoms with Gasteiger partial charge < -0.3 is 10.6 Å². The van der Waals surface area contributed by atoms with E-state index < -0.39 is 0 Å². The summed E-state index contributed by atoms with van der Waals surface area (Å²) in [5, 5.41) is 2.16. The van der Waals surface area contributed by atoms with Gasteiger partial charge >= 0.3 is 0 Å². The smallest absolute Gasteiger partial charge is 0.223 e. The van der Waals surface area contributed by atoms with Crippen molar-refractivity contribution >= 4 is 17.2 Å². The Balaban J connectivity index is 1.96. The molecule has 1 aromatic heterocycles. The van der Waals surface area contributed by atoms with Crippen molar-refractivity contribution < 1.29 is 4.79 Å². The normalized spacial score (nSPS) is 19.4. The van der Waals surface area contributed by atoms with Gasteiger partial charge in [0.15, 0.2) is 0 Å². The minimum Gasteiger partial charge on any atom is -0.335 e. The predicted molar refractivity (Wildman–Crippen MR) is 89.5 cm³/mol. The number of rotatable bonds is 7. The van der Waals surface area contributed by atoms with E-state index in [4.69, 9.17) is 5.73 Å². The van der Waals surface area contributed by atoms with Gasteiger partial charge in [0.2, 0.25) is 5.91 Å². The highest BCUT2D eigenvalue weighted by Crippen LogP contribution is 2.35. The first-order chi connectivity index (χ1) is 10.2. The maximum absolute atomic E-state index is 12.6. The van der Waals surface area contributed by atoms with Crippen LogP contribution in [0.15, 0.2) is 11.4 Å². The summed E-state index contributed by atoms with van der Waals surface area (Å²) in [5.41, 5.74) is 7.03. The summed E-state index contributed by atoms with van der Waals surface area (Å²) in [5.74, 6) is 0.926. The van der Waals surface area contributed by atoms with Crippen LogP contribution in [-0.2, 0) is 11.2 Å². The van der Waals surface area contributed by atoms with Crippen molar-refractivity contribution in [2.75, 3.05) is 13.1 Å². The van der Waals surface area contributed by atoms with Crippen LogP contribution < -0.4 is 5.73 Å². The number of carbonyl (C=O) groups excluding carboxylic acids is 1. The van der Waals surface area contributed by atoms with Crippen molar-refractivity contribution in [3.05, 3.63) is 21.9 Å². The Morgan fingerprint density at radius 3 is 2.95 bits per heavy atom. The molecule has 118 valence electrons. The summed E-state index contributed by atoms with van der Waals surface area (Å²) in [6.07, 6.45) is 5.85. The van der Waals surface area contributed by atoms with Crippen LogP contribution in [0.1, 0.15) is 62.4 Å². The summed E-state index contributed by atoms with van der Waals surface area (Å²) in [6.45, 7) is 5.99. The lowest BCUT2D eigenvalue weighted by molar-refractivity contribution is -0.134. The molecule has 0 fully saturated rings. The fourth-order valence-corrected chi connectivity index (χ4v) is 4.32. The molecule has 0 aromatic carbocycles. The van der Waals surface area contributed by atoms with Crippen molar-refractivity contribution in [1.82, 2.24) is 4.90 Å². The van der Waals surface area contributed by atoms with E-state index >= 15 is 0 Å². The van der Waals surface area contributed by atoms with Crippen molar-refractivity contribution in [2.24, 2.45) is 11.7 Å². The van der Waals surface area contributed by atoms with E-state index in [0.29, 0.717) is 24.3 Å². The number of amides is 1. The van der Waals surface area contributed by atoms with Crippen LogP contribution in [-0.4, -0.2) is 23.9 Å². The molecular formula is C17H28N2OS. The molecule has 2 rings (SSSR count). The minimum atomic E-state index is 0.294. The number of hydrogen-bond donors (Lipinski definition) is 1. The lowest BCUT2D eigenvalue weighted by atomic mass is 9.94. The molecule has 1 amide bonds. The molecule has 2 heterocycles. The van der Waals surface area contributed by atoms with E-state index in [-0.39, 0.29) is 0 Å². The SMILES string of the molecule is CCC(CCN)CCC(=O)N1CCc2sccc2C1CC. The average molecular weight is 308 g/mol. The van der Waals surface area contributed by atoms with Gasteiger partial charge in [-0.1, -0.05) is 20.3 Å². The lowest BCUT2D eigenvalue weighted by Gasteiger charge is -2.36. The average Bonchev–Trinajstić information content (AvgIpc) is 2.98. The van der Waals surface area contributed by atoms with E-state index in [2.05, 4.69) is 30.2 Å². The Kier molecular flexibility index (Phi) is 6.24. The number of nitrogens with zero attached hydrogens (tertiary/aromatic N) is 1. The molecular weight excluding hydrogens is 280 g/mol. The monoisotopic (exact) mass is 308 g/mol. The lowest BCUT2D eigenvalue weighted by Crippen LogP contribution is -2.39. The van der Waals surface area contributed by atoms with Gasteiger partial charge in [-0.15, -0.1) is 11.3 Å². The number of carbonyl (C=O) groups is 1. The molecule has 0 radical (unpaired) electrons. The molecule has 3 nitrogen and oxygen atoms in total. The fourth-order valence-electron chi connectivity index (χ4n) is 3.39. The van der Waals surface area contributed by atoms with Crippen molar-refractivity contribution in [3.63, 3.8) is 0 Å². The highest BCUT2D eigenvalue weighted by molar-refractivity contribution is 7.10. The first kappa shape index (κ1) is 16.5. The molecule has 0 aliphatic carbocycles. The van der Waals surface area contributed by atoms with Crippen LogP contribution in [0.25, 0.3) is 0 Å². The molecule has 21 heavy (non-hydrogen) atoms. The number of thiophene rings is 1. The third-order valence-corrected chi connectivity index (χ3v) is 5.72. The van der Waals surface area contributed by atoms with Gasteiger partial charge in [0, 0.05) is 17.8 Å². The topological polar surface area (TPSA) is 46.3 Å². The highest BCUT2D eigenvalue weighted by atomic mass is 32.1. The maximum atomic E-state index is 12.6. The van der Waals surface area contributed by atoms with Crippen molar-refractivity contribution in [2.45, 2.75) is 58.4 Å². The number of hydrogen-bond acceptors (Lipinski definition) is 3. The molecule has 2 N–H and O–H groups in total. The Hall–Kier alpha value is -0.870. The van der Waals surface area contributed by atoms with Gasteiger partial charge in [-0.2, -0.15) is 0 Å². The second-order valence-electron chi connectivity index (χ2n) is 5.95. The number of nitrogens with two attached hydrogens (primary N) is 1. The number of fused-ring (bicyclic) bond motifs is 1. The third-order valence-electron chi connectivity index (χ3n) is 4.72. The molecule has 0 saturated heterocycles. The molecule has 2 atom stereocenters. The second kappa shape index (κ2) is 7.95. The molecule has 1 aliphatic heterocycles. The fraction of sp³-hybridized carbons (Fsp3) is 0.706. The Labute approximate surface area is 132 Å². The van der Waals surface area contributed by atoms with Crippen LogP contribution in [0.4, 0.5) is 0 Å². The zero-order valence-corrected chi connectivity index (χ0v) is 14.1. The maximum Gasteiger partial charge on any atom is 0.223 e. The van der Waals surface area contributed by atoms with Crippen LogP contribution in [0, 0.1) is 5.92 Å². The van der Waals surface area contributed by atoms with Crippen LogP contribution in [0.3, 0.4) is 0 Å². The van der Waals surface area contributed by atoms with Gasteiger partial charge in [0.25, 0.3) is 0 Å². The summed E-state index contributed by atoms with van der Waals surface area (Å²) in [4.78, 5) is 16.2. The summed E-state index contributed by atoms with van der Waals surface area (Å²) >= 11 is 1.83. The van der Waals surface area contributed by atoms with Gasteiger partial charge in [-0.3, -0.25) is 4.79 Å². The van der Waals surface area contributed by atoms with Crippen LogP contribution in [0.2, 0.25) is 0 Å². The largest absolute Gasteiger partial charge is 0.335 e. The summed E-state index contributed by atoms with van der Waals surface area (Å²) in [6, 6.07) is 2.50. The third kappa shape index (κ3) is 3.86. The molecule has 0 spiro atoms. The zero-order valence-electron chi connectivity index (χ0n) is 13.3. The Bertz CT molecular complexity index is 457.